The zero-order chi connectivity index (χ0) is 21.8. The van der Waals surface area contributed by atoms with E-state index < -0.39 is 5.97 Å². The summed E-state index contributed by atoms with van der Waals surface area (Å²) in [6.07, 6.45) is 1.56. The van der Waals surface area contributed by atoms with Gasteiger partial charge in [0.15, 0.2) is 17.2 Å². The fraction of sp³-hybridized carbons (Fsp3) is 0.227. The molecular weight excluding hydrogens is 429 g/mol. The SMILES string of the molecule is CCOc1cc(C=C2N=C(c3ccc(Cl)c(Cl)c3)OC2=O)ccc1OC(=O)C(C)C. The molecule has 2 aromatic rings. The molecular formula is C22H19Cl2NO5. The maximum Gasteiger partial charge on any atom is 0.363 e. The minimum atomic E-state index is -0.593. The molecule has 3 rings (SSSR count). The van der Waals surface area contributed by atoms with Gasteiger partial charge in [-0.05, 0) is 48.9 Å². The van der Waals surface area contributed by atoms with Gasteiger partial charge in [-0.3, -0.25) is 4.79 Å². The van der Waals surface area contributed by atoms with Gasteiger partial charge in [0.25, 0.3) is 0 Å². The summed E-state index contributed by atoms with van der Waals surface area (Å²) in [5.41, 5.74) is 1.28. The number of aliphatic imine (C=N–C) groups is 1. The quantitative estimate of drug-likeness (QED) is 0.341. The average molecular weight is 448 g/mol. The summed E-state index contributed by atoms with van der Waals surface area (Å²) in [4.78, 5) is 28.4. The monoisotopic (exact) mass is 447 g/mol. The summed E-state index contributed by atoms with van der Waals surface area (Å²) >= 11 is 11.9. The number of carbonyl (C=O) groups excluding carboxylic acids is 2. The van der Waals surface area contributed by atoms with Crippen molar-refractivity contribution in [3.63, 3.8) is 0 Å². The van der Waals surface area contributed by atoms with Crippen LogP contribution in [0.15, 0.2) is 47.1 Å². The van der Waals surface area contributed by atoms with Crippen molar-refractivity contribution in [3.8, 4) is 11.5 Å². The Balaban J connectivity index is 1.90. The Labute approximate surface area is 184 Å². The number of cyclic esters (lactones) is 1. The third-order valence-electron chi connectivity index (χ3n) is 4.04. The van der Waals surface area contributed by atoms with Crippen molar-refractivity contribution in [1.29, 1.82) is 0 Å². The molecule has 156 valence electrons. The van der Waals surface area contributed by atoms with Crippen molar-refractivity contribution in [2.45, 2.75) is 20.8 Å². The van der Waals surface area contributed by atoms with E-state index in [4.69, 9.17) is 37.4 Å². The van der Waals surface area contributed by atoms with Crippen LogP contribution in [-0.2, 0) is 14.3 Å². The van der Waals surface area contributed by atoms with Crippen molar-refractivity contribution in [2.24, 2.45) is 10.9 Å². The van der Waals surface area contributed by atoms with Crippen molar-refractivity contribution in [3.05, 3.63) is 63.3 Å². The Bertz CT molecular complexity index is 1060. The maximum atomic E-state index is 12.2. The average Bonchev–Trinajstić information content (AvgIpc) is 3.06. The van der Waals surface area contributed by atoms with Crippen LogP contribution in [0.4, 0.5) is 0 Å². The van der Waals surface area contributed by atoms with E-state index in [1.165, 1.54) is 0 Å². The minimum Gasteiger partial charge on any atom is -0.490 e. The summed E-state index contributed by atoms with van der Waals surface area (Å²) in [5, 5.41) is 0.723. The van der Waals surface area contributed by atoms with Gasteiger partial charge in [0, 0.05) is 5.56 Å². The van der Waals surface area contributed by atoms with Gasteiger partial charge in [-0.15, -0.1) is 0 Å². The molecule has 0 aliphatic carbocycles. The Morgan fingerprint density at radius 2 is 1.90 bits per heavy atom. The third-order valence-corrected chi connectivity index (χ3v) is 4.78. The molecule has 0 saturated heterocycles. The molecule has 30 heavy (non-hydrogen) atoms. The van der Waals surface area contributed by atoms with Crippen LogP contribution in [0.5, 0.6) is 11.5 Å². The van der Waals surface area contributed by atoms with Gasteiger partial charge < -0.3 is 14.2 Å². The van der Waals surface area contributed by atoms with Gasteiger partial charge in [0.1, 0.15) is 0 Å². The molecule has 0 fully saturated rings. The third kappa shape index (κ3) is 5.01. The van der Waals surface area contributed by atoms with Crippen LogP contribution in [0.25, 0.3) is 6.08 Å². The highest BCUT2D eigenvalue weighted by atomic mass is 35.5. The molecule has 0 bridgehead atoms. The van der Waals surface area contributed by atoms with E-state index in [9.17, 15) is 9.59 Å². The number of hydrogen-bond donors (Lipinski definition) is 0. The summed E-state index contributed by atoms with van der Waals surface area (Å²) < 4.78 is 16.2. The molecule has 8 heteroatoms. The lowest BCUT2D eigenvalue weighted by molar-refractivity contribution is -0.138. The fourth-order valence-corrected chi connectivity index (χ4v) is 2.81. The molecule has 0 spiro atoms. The zero-order valence-electron chi connectivity index (χ0n) is 16.6. The number of hydrogen-bond acceptors (Lipinski definition) is 6. The smallest absolute Gasteiger partial charge is 0.363 e. The first-order chi connectivity index (χ1) is 14.3. The molecule has 0 amide bonds. The van der Waals surface area contributed by atoms with Gasteiger partial charge in [-0.2, -0.15) is 0 Å². The Hall–Kier alpha value is -2.83. The summed E-state index contributed by atoms with van der Waals surface area (Å²) in [7, 11) is 0. The van der Waals surface area contributed by atoms with Crippen LogP contribution in [0.3, 0.4) is 0 Å². The summed E-state index contributed by atoms with van der Waals surface area (Å²) in [6, 6.07) is 9.81. The molecule has 0 N–H and O–H groups in total. The van der Waals surface area contributed by atoms with Crippen LogP contribution in [0, 0.1) is 5.92 Å². The van der Waals surface area contributed by atoms with Gasteiger partial charge in [-0.25, -0.2) is 9.79 Å². The van der Waals surface area contributed by atoms with E-state index in [1.54, 1.807) is 56.3 Å². The lowest BCUT2D eigenvalue weighted by atomic mass is 10.1. The first-order valence-corrected chi connectivity index (χ1v) is 10.0. The molecule has 6 nitrogen and oxygen atoms in total. The Morgan fingerprint density at radius 3 is 2.57 bits per heavy atom. The lowest BCUT2D eigenvalue weighted by Crippen LogP contribution is -2.15. The number of nitrogens with zero attached hydrogens (tertiary/aromatic N) is 1. The van der Waals surface area contributed by atoms with Crippen LogP contribution in [0.2, 0.25) is 10.0 Å². The fourth-order valence-electron chi connectivity index (χ4n) is 2.51. The van der Waals surface area contributed by atoms with Crippen LogP contribution in [0.1, 0.15) is 31.9 Å². The molecule has 1 heterocycles. The zero-order valence-corrected chi connectivity index (χ0v) is 18.1. The van der Waals surface area contributed by atoms with Gasteiger partial charge >= 0.3 is 11.9 Å². The van der Waals surface area contributed by atoms with Crippen molar-refractivity contribution in [2.75, 3.05) is 6.61 Å². The number of carbonyl (C=O) groups is 2. The molecule has 1 aliphatic heterocycles. The van der Waals surface area contributed by atoms with Crippen LogP contribution >= 0.6 is 23.2 Å². The van der Waals surface area contributed by atoms with Gasteiger partial charge in [0.2, 0.25) is 5.90 Å². The van der Waals surface area contributed by atoms with E-state index in [2.05, 4.69) is 4.99 Å². The summed E-state index contributed by atoms with van der Waals surface area (Å²) in [6.45, 7) is 5.70. The largest absolute Gasteiger partial charge is 0.490 e. The van der Waals surface area contributed by atoms with E-state index in [1.807, 2.05) is 6.92 Å². The highest BCUT2D eigenvalue weighted by Gasteiger charge is 2.25. The first-order valence-electron chi connectivity index (χ1n) is 9.25. The minimum absolute atomic E-state index is 0.116. The number of benzene rings is 2. The molecule has 2 aromatic carbocycles. The molecule has 0 radical (unpaired) electrons. The second-order valence-electron chi connectivity index (χ2n) is 6.68. The molecule has 0 aromatic heterocycles. The normalized spacial score (nSPS) is 14.7. The van der Waals surface area contributed by atoms with E-state index in [-0.39, 0.29) is 23.5 Å². The van der Waals surface area contributed by atoms with Gasteiger partial charge in [0.05, 0.1) is 22.6 Å². The number of ether oxygens (including phenoxy) is 3. The molecule has 0 unspecified atom stereocenters. The Morgan fingerprint density at radius 1 is 1.13 bits per heavy atom. The molecule has 1 aliphatic rings. The van der Waals surface area contributed by atoms with E-state index in [0.717, 1.165) is 0 Å². The molecule has 0 saturated carbocycles. The number of halogens is 2. The van der Waals surface area contributed by atoms with E-state index in [0.29, 0.717) is 39.3 Å². The highest BCUT2D eigenvalue weighted by Crippen LogP contribution is 2.31. The van der Waals surface area contributed by atoms with Crippen molar-refractivity contribution in [1.82, 2.24) is 0 Å². The number of esters is 2. The van der Waals surface area contributed by atoms with Crippen LogP contribution in [-0.4, -0.2) is 24.4 Å². The van der Waals surface area contributed by atoms with Crippen LogP contribution < -0.4 is 9.47 Å². The Kier molecular flexibility index (Phi) is 6.80. The summed E-state index contributed by atoms with van der Waals surface area (Å²) in [5.74, 6) is -0.393. The maximum absolute atomic E-state index is 12.2. The van der Waals surface area contributed by atoms with E-state index >= 15 is 0 Å². The topological polar surface area (TPSA) is 74.2 Å². The second-order valence-corrected chi connectivity index (χ2v) is 7.49. The van der Waals surface area contributed by atoms with Gasteiger partial charge in [-0.1, -0.05) is 43.1 Å². The number of rotatable bonds is 6. The standard InChI is InChI=1S/C22H19Cl2NO5/c1-4-28-19-10-13(5-8-18(19)29-21(26)12(2)3)9-17-22(27)30-20(25-17)14-6-7-15(23)16(24)11-14/h5-12H,4H2,1-3H3. The predicted octanol–water partition coefficient (Wildman–Crippen LogP) is 5.30. The molecule has 0 atom stereocenters. The highest BCUT2D eigenvalue weighted by molar-refractivity contribution is 6.42. The predicted molar refractivity (Wildman–Crippen MR) is 115 cm³/mol. The van der Waals surface area contributed by atoms with Crippen molar-refractivity contribution >= 4 is 47.1 Å². The second kappa shape index (κ2) is 9.32. The van der Waals surface area contributed by atoms with Crippen molar-refractivity contribution < 1.29 is 23.8 Å². The lowest BCUT2D eigenvalue weighted by Gasteiger charge is -2.12. The first kappa shape index (κ1) is 21.9.